The van der Waals surface area contributed by atoms with Crippen molar-refractivity contribution < 1.29 is 29.3 Å². The van der Waals surface area contributed by atoms with Crippen molar-refractivity contribution in [3.8, 4) is 0 Å². The van der Waals surface area contributed by atoms with Crippen molar-refractivity contribution in [2.45, 2.75) is 13.0 Å². The maximum atomic E-state index is 9.83. The summed E-state index contributed by atoms with van der Waals surface area (Å²) >= 11 is 0. The van der Waals surface area contributed by atoms with Gasteiger partial charge < -0.3 is 19.7 Å². The predicted octanol–water partition coefficient (Wildman–Crippen LogP) is 0.116. The fourth-order valence-electron chi connectivity index (χ4n) is 0.395. The Kier molecular flexibility index (Phi) is 7.79. The molecular formula is C5H9LiO6. The number of carboxylic acid groups (broad SMARTS) is 2. The number of rotatable bonds is 3. The van der Waals surface area contributed by atoms with E-state index in [0.29, 0.717) is 0 Å². The van der Waals surface area contributed by atoms with Crippen LogP contribution < -0.4 is 0 Å². The first-order valence-corrected chi connectivity index (χ1v) is 2.77. The minimum atomic E-state index is -1.45. The van der Waals surface area contributed by atoms with E-state index in [1.54, 1.807) is 0 Å². The molecule has 0 fully saturated rings. The van der Waals surface area contributed by atoms with Crippen LogP contribution in [0.15, 0.2) is 0 Å². The summed E-state index contributed by atoms with van der Waals surface area (Å²) in [5, 5.41) is 16.0. The van der Waals surface area contributed by atoms with Crippen LogP contribution in [0.3, 0.4) is 0 Å². The first kappa shape index (κ1) is 13.7. The number of ether oxygens (including phenoxy) is 2. The SMILES string of the molecule is CC(COC(=O)O)OC(=O)O.[LiH]. The number of carbonyl (C=O) groups is 2. The molecule has 0 rings (SSSR count). The third kappa shape index (κ3) is 9.14. The fraction of sp³-hybridized carbons (Fsp3) is 0.600. The number of hydrogen-bond donors (Lipinski definition) is 2. The molecule has 0 spiro atoms. The Balaban J connectivity index is 0. The third-order valence-electron chi connectivity index (χ3n) is 0.744. The molecular weight excluding hydrogens is 163 g/mol. The molecule has 2 N–H and O–H groups in total. The molecule has 0 radical (unpaired) electrons. The summed E-state index contributed by atoms with van der Waals surface area (Å²) in [4.78, 5) is 19.6. The monoisotopic (exact) mass is 172 g/mol. The second-order valence-electron chi connectivity index (χ2n) is 1.77. The Morgan fingerprint density at radius 2 is 1.83 bits per heavy atom. The van der Waals surface area contributed by atoms with Gasteiger partial charge in [-0.2, -0.15) is 0 Å². The van der Waals surface area contributed by atoms with Crippen molar-refractivity contribution in [1.82, 2.24) is 0 Å². The van der Waals surface area contributed by atoms with Crippen LogP contribution in [0.2, 0.25) is 0 Å². The Hall–Kier alpha value is -0.863. The summed E-state index contributed by atoms with van der Waals surface area (Å²) in [6.07, 6.45) is -3.68. The van der Waals surface area contributed by atoms with Crippen molar-refractivity contribution in [2.75, 3.05) is 6.61 Å². The first-order chi connectivity index (χ1) is 5.02. The Labute approximate surface area is 80.6 Å². The Bertz CT molecular complexity index is 158. The van der Waals surface area contributed by atoms with Crippen LogP contribution >= 0.6 is 0 Å². The van der Waals surface area contributed by atoms with E-state index in [0.717, 1.165) is 0 Å². The van der Waals surface area contributed by atoms with Gasteiger partial charge in [-0.15, -0.1) is 0 Å². The molecule has 1 atom stereocenters. The first-order valence-electron chi connectivity index (χ1n) is 2.77. The molecule has 66 valence electrons. The van der Waals surface area contributed by atoms with Crippen LogP contribution in [0.5, 0.6) is 0 Å². The van der Waals surface area contributed by atoms with E-state index in [2.05, 4.69) is 9.47 Å². The van der Waals surface area contributed by atoms with Gasteiger partial charge in [0.25, 0.3) is 0 Å². The van der Waals surface area contributed by atoms with Crippen LogP contribution in [-0.4, -0.2) is 54.1 Å². The Morgan fingerprint density at radius 3 is 2.17 bits per heavy atom. The van der Waals surface area contributed by atoms with E-state index < -0.39 is 18.4 Å². The fourth-order valence-corrected chi connectivity index (χ4v) is 0.395. The summed E-state index contributed by atoms with van der Waals surface area (Å²) in [6.45, 7) is 1.10. The molecule has 0 aromatic heterocycles. The molecule has 0 aliphatic rings. The molecule has 0 saturated heterocycles. The molecule has 0 aromatic carbocycles. The van der Waals surface area contributed by atoms with Gasteiger partial charge in [-0.3, -0.25) is 0 Å². The molecule has 1 unspecified atom stereocenters. The van der Waals surface area contributed by atoms with Gasteiger partial charge in [-0.05, 0) is 6.92 Å². The topological polar surface area (TPSA) is 93.1 Å². The van der Waals surface area contributed by atoms with E-state index in [4.69, 9.17) is 10.2 Å². The van der Waals surface area contributed by atoms with E-state index in [-0.39, 0.29) is 25.5 Å². The molecule has 0 amide bonds. The molecule has 0 bridgehead atoms. The van der Waals surface area contributed by atoms with Crippen molar-refractivity contribution in [1.29, 1.82) is 0 Å². The summed E-state index contributed by atoms with van der Waals surface area (Å²) in [7, 11) is 0. The molecule has 0 aromatic rings. The molecule has 0 heterocycles. The molecule has 0 aliphatic carbocycles. The third-order valence-corrected chi connectivity index (χ3v) is 0.744. The molecule has 12 heavy (non-hydrogen) atoms. The average molecular weight is 172 g/mol. The summed E-state index contributed by atoms with van der Waals surface area (Å²) in [6, 6.07) is 0. The molecule has 7 heteroatoms. The molecule has 0 aliphatic heterocycles. The average Bonchev–Trinajstić information content (AvgIpc) is 1.82. The molecule has 6 nitrogen and oxygen atoms in total. The van der Waals surface area contributed by atoms with Crippen LogP contribution in [0.1, 0.15) is 6.92 Å². The van der Waals surface area contributed by atoms with Gasteiger partial charge in [0.2, 0.25) is 0 Å². The predicted molar refractivity (Wildman–Crippen MR) is 39.7 cm³/mol. The van der Waals surface area contributed by atoms with Crippen LogP contribution in [0, 0.1) is 0 Å². The second kappa shape index (κ2) is 6.82. The van der Waals surface area contributed by atoms with Gasteiger partial charge >= 0.3 is 31.2 Å². The van der Waals surface area contributed by atoms with Gasteiger partial charge in [-0.1, -0.05) is 0 Å². The zero-order valence-electron chi connectivity index (χ0n) is 5.81. The van der Waals surface area contributed by atoms with E-state index in [9.17, 15) is 9.59 Å². The summed E-state index contributed by atoms with van der Waals surface area (Å²) < 4.78 is 8.16. The van der Waals surface area contributed by atoms with E-state index in [1.165, 1.54) is 6.92 Å². The minimum absolute atomic E-state index is 0. The maximum absolute atomic E-state index is 9.83. The van der Waals surface area contributed by atoms with Crippen LogP contribution in [-0.2, 0) is 9.47 Å². The number of hydrogen-bond acceptors (Lipinski definition) is 4. The summed E-state index contributed by atoms with van der Waals surface area (Å²) in [5.74, 6) is 0. The zero-order chi connectivity index (χ0) is 8.85. The van der Waals surface area contributed by atoms with Crippen molar-refractivity contribution in [3.63, 3.8) is 0 Å². The van der Waals surface area contributed by atoms with Gasteiger partial charge in [0.1, 0.15) is 12.7 Å². The van der Waals surface area contributed by atoms with Crippen molar-refractivity contribution in [3.05, 3.63) is 0 Å². The van der Waals surface area contributed by atoms with Crippen LogP contribution in [0.25, 0.3) is 0 Å². The van der Waals surface area contributed by atoms with Crippen LogP contribution in [0.4, 0.5) is 9.59 Å². The van der Waals surface area contributed by atoms with Gasteiger partial charge in [-0.25, -0.2) is 9.59 Å². The Morgan fingerprint density at radius 1 is 1.33 bits per heavy atom. The second-order valence-corrected chi connectivity index (χ2v) is 1.77. The summed E-state index contributed by atoms with van der Waals surface area (Å²) in [5.41, 5.74) is 0. The normalized spacial score (nSPS) is 10.8. The van der Waals surface area contributed by atoms with Gasteiger partial charge in [0.15, 0.2) is 0 Å². The quantitative estimate of drug-likeness (QED) is 0.463. The standard InChI is InChI=1S/C5H8O6.Li.H/c1-3(11-5(8)9)2-10-4(6)7;;/h3H,2H2,1H3,(H,6,7)(H,8,9);;. The van der Waals surface area contributed by atoms with E-state index in [1.807, 2.05) is 0 Å². The van der Waals surface area contributed by atoms with Crippen molar-refractivity contribution >= 4 is 31.2 Å². The van der Waals surface area contributed by atoms with Gasteiger partial charge in [0, 0.05) is 0 Å². The van der Waals surface area contributed by atoms with E-state index >= 15 is 0 Å². The zero-order valence-corrected chi connectivity index (χ0v) is 5.81. The van der Waals surface area contributed by atoms with Crippen molar-refractivity contribution in [2.24, 2.45) is 0 Å². The van der Waals surface area contributed by atoms with Gasteiger partial charge in [0.05, 0.1) is 0 Å². The molecule has 0 saturated carbocycles.